The molecule has 0 saturated carbocycles. The van der Waals surface area contributed by atoms with Crippen molar-refractivity contribution in [1.82, 2.24) is 0 Å². The maximum absolute atomic E-state index is 11.9. The molecule has 0 saturated heterocycles. The zero-order valence-corrected chi connectivity index (χ0v) is 26.6. The lowest BCUT2D eigenvalue weighted by molar-refractivity contribution is -0.144. The van der Waals surface area contributed by atoms with E-state index in [0.717, 1.165) is 44.9 Å². The quantitative estimate of drug-likeness (QED) is 0.0615. The molecule has 0 spiro atoms. The summed E-state index contributed by atoms with van der Waals surface area (Å²) in [6.07, 6.45) is 34.9. The number of hydrogen-bond acceptors (Lipinski definition) is 4. The van der Waals surface area contributed by atoms with E-state index in [9.17, 15) is 9.59 Å². The number of esters is 2. The maximum atomic E-state index is 11.9. The fourth-order valence-electron chi connectivity index (χ4n) is 5.12. The first-order valence-corrected chi connectivity index (χ1v) is 17.5. The Morgan fingerprint density at radius 3 is 0.846 bits per heavy atom. The van der Waals surface area contributed by atoms with Crippen LogP contribution in [0.3, 0.4) is 0 Å². The van der Waals surface area contributed by atoms with Crippen LogP contribution >= 0.6 is 0 Å². The summed E-state index contributed by atoms with van der Waals surface area (Å²) >= 11 is 0. The third-order valence-electron chi connectivity index (χ3n) is 7.78. The molecule has 0 aromatic heterocycles. The summed E-state index contributed by atoms with van der Waals surface area (Å²) < 4.78 is 10.7. The lowest BCUT2D eigenvalue weighted by Crippen LogP contribution is -2.07. The Labute approximate surface area is 244 Å². The predicted molar refractivity (Wildman–Crippen MR) is 167 cm³/mol. The second-order valence-corrected chi connectivity index (χ2v) is 11.8. The minimum Gasteiger partial charge on any atom is -0.466 e. The van der Waals surface area contributed by atoms with Crippen molar-refractivity contribution in [2.75, 3.05) is 13.2 Å². The molecule has 0 aliphatic heterocycles. The topological polar surface area (TPSA) is 52.6 Å². The van der Waals surface area contributed by atoms with Crippen molar-refractivity contribution in [2.24, 2.45) is 0 Å². The summed E-state index contributed by atoms with van der Waals surface area (Å²) in [5, 5.41) is 0. The second-order valence-electron chi connectivity index (χ2n) is 11.8. The van der Waals surface area contributed by atoms with Gasteiger partial charge in [0.15, 0.2) is 0 Å². The Kier molecular flexibility index (Phi) is 32.2. The van der Waals surface area contributed by atoms with Gasteiger partial charge in [0.2, 0.25) is 0 Å². The molecular weight excluding hydrogens is 484 g/mol. The number of carbonyl (C=O) groups excluding carboxylic acids is 2. The van der Waals surface area contributed by atoms with E-state index in [4.69, 9.17) is 9.47 Å². The highest BCUT2D eigenvalue weighted by Crippen LogP contribution is 2.13. The van der Waals surface area contributed by atoms with Crippen LogP contribution in [0.1, 0.15) is 200 Å². The third kappa shape index (κ3) is 33.0. The molecule has 39 heavy (non-hydrogen) atoms. The van der Waals surface area contributed by atoms with Crippen LogP contribution in [-0.2, 0) is 19.1 Å². The molecule has 0 fully saturated rings. The summed E-state index contributed by atoms with van der Waals surface area (Å²) in [5.74, 6) is -0.180. The molecule has 0 amide bonds. The van der Waals surface area contributed by atoms with Crippen molar-refractivity contribution < 1.29 is 19.1 Å². The average molecular weight is 553 g/mol. The van der Waals surface area contributed by atoms with E-state index >= 15 is 0 Å². The first-order chi connectivity index (χ1) is 19.2. The van der Waals surface area contributed by atoms with Crippen molar-refractivity contribution in [3.8, 4) is 0 Å². The molecule has 0 aliphatic rings. The summed E-state index contributed by atoms with van der Waals surface area (Å²) in [6, 6.07) is 0. The molecule has 0 radical (unpaired) electrons. The summed E-state index contributed by atoms with van der Waals surface area (Å²) in [7, 11) is 0. The molecule has 232 valence electrons. The highest BCUT2D eigenvalue weighted by molar-refractivity contribution is 5.69. The summed E-state index contributed by atoms with van der Waals surface area (Å²) in [6.45, 7) is 5.65. The number of ether oxygens (including phenoxy) is 2. The molecule has 0 bridgehead atoms. The van der Waals surface area contributed by atoms with Gasteiger partial charge in [0.1, 0.15) is 0 Å². The third-order valence-corrected chi connectivity index (χ3v) is 7.78. The molecule has 0 aliphatic carbocycles. The minimum absolute atomic E-state index is 0.0902. The van der Waals surface area contributed by atoms with Crippen LogP contribution in [0.25, 0.3) is 0 Å². The first kappa shape index (κ1) is 37.9. The van der Waals surface area contributed by atoms with Crippen LogP contribution in [0.2, 0.25) is 0 Å². The largest absolute Gasteiger partial charge is 0.466 e. The minimum atomic E-state index is -0.0902. The van der Waals surface area contributed by atoms with Crippen LogP contribution in [0.15, 0.2) is 0 Å². The highest BCUT2D eigenvalue weighted by atomic mass is 16.5. The van der Waals surface area contributed by atoms with Gasteiger partial charge in [-0.15, -0.1) is 0 Å². The summed E-state index contributed by atoms with van der Waals surface area (Å²) in [5.41, 5.74) is 0. The molecular formula is C35H68O4. The lowest BCUT2D eigenvalue weighted by atomic mass is 10.1. The second kappa shape index (κ2) is 33.1. The van der Waals surface area contributed by atoms with Crippen molar-refractivity contribution in [3.63, 3.8) is 0 Å². The maximum Gasteiger partial charge on any atom is 0.305 e. The van der Waals surface area contributed by atoms with Gasteiger partial charge in [-0.3, -0.25) is 9.59 Å². The summed E-state index contributed by atoms with van der Waals surface area (Å²) in [4.78, 5) is 23.8. The van der Waals surface area contributed by atoms with Crippen molar-refractivity contribution in [1.29, 1.82) is 0 Å². The van der Waals surface area contributed by atoms with E-state index in [0.29, 0.717) is 26.1 Å². The van der Waals surface area contributed by atoms with E-state index in [-0.39, 0.29) is 11.9 Å². The molecule has 0 rings (SSSR count). The Bertz CT molecular complexity index is 461. The zero-order valence-electron chi connectivity index (χ0n) is 26.6. The SMILES string of the molecule is CCCCCCCCCCCCCCOC(=O)CCCCCC(=O)OCCCCCCCCCCCCCC. The molecule has 0 aromatic carbocycles. The van der Waals surface area contributed by atoms with Gasteiger partial charge in [0.25, 0.3) is 0 Å². The normalized spacial score (nSPS) is 11.1. The Morgan fingerprint density at radius 1 is 0.333 bits per heavy atom. The van der Waals surface area contributed by atoms with E-state index in [2.05, 4.69) is 13.8 Å². The predicted octanol–water partition coefficient (Wildman–Crippen LogP) is 11.4. The smallest absolute Gasteiger partial charge is 0.305 e. The molecule has 0 heterocycles. The van der Waals surface area contributed by atoms with Crippen molar-refractivity contribution in [3.05, 3.63) is 0 Å². The van der Waals surface area contributed by atoms with Gasteiger partial charge in [-0.25, -0.2) is 0 Å². The Balaban J connectivity index is 3.26. The fourth-order valence-corrected chi connectivity index (χ4v) is 5.12. The fraction of sp³-hybridized carbons (Fsp3) is 0.943. The van der Waals surface area contributed by atoms with Gasteiger partial charge >= 0.3 is 11.9 Å². The van der Waals surface area contributed by atoms with E-state index in [1.165, 1.54) is 128 Å². The van der Waals surface area contributed by atoms with Crippen molar-refractivity contribution in [2.45, 2.75) is 200 Å². The van der Waals surface area contributed by atoms with Gasteiger partial charge < -0.3 is 9.47 Å². The number of unbranched alkanes of at least 4 members (excludes halogenated alkanes) is 24. The highest BCUT2D eigenvalue weighted by Gasteiger charge is 2.05. The number of rotatable bonds is 32. The van der Waals surface area contributed by atoms with Crippen LogP contribution in [0, 0.1) is 0 Å². The van der Waals surface area contributed by atoms with Gasteiger partial charge in [0, 0.05) is 12.8 Å². The molecule has 0 atom stereocenters. The van der Waals surface area contributed by atoms with E-state index in [1.807, 2.05) is 0 Å². The Morgan fingerprint density at radius 2 is 0.564 bits per heavy atom. The van der Waals surface area contributed by atoms with Crippen LogP contribution in [-0.4, -0.2) is 25.2 Å². The van der Waals surface area contributed by atoms with E-state index < -0.39 is 0 Å². The van der Waals surface area contributed by atoms with Crippen LogP contribution in [0.4, 0.5) is 0 Å². The molecule has 0 aromatic rings. The van der Waals surface area contributed by atoms with Crippen molar-refractivity contribution >= 4 is 11.9 Å². The van der Waals surface area contributed by atoms with E-state index in [1.54, 1.807) is 0 Å². The molecule has 4 nitrogen and oxygen atoms in total. The molecule has 0 unspecified atom stereocenters. The van der Waals surface area contributed by atoms with Gasteiger partial charge in [-0.05, 0) is 25.7 Å². The average Bonchev–Trinajstić information content (AvgIpc) is 2.93. The van der Waals surface area contributed by atoms with Gasteiger partial charge in [-0.2, -0.15) is 0 Å². The first-order valence-electron chi connectivity index (χ1n) is 17.5. The number of hydrogen-bond donors (Lipinski definition) is 0. The number of carbonyl (C=O) groups is 2. The zero-order chi connectivity index (χ0) is 28.5. The molecule has 4 heteroatoms. The van der Waals surface area contributed by atoms with Gasteiger partial charge in [-0.1, -0.05) is 162 Å². The van der Waals surface area contributed by atoms with Gasteiger partial charge in [0.05, 0.1) is 13.2 Å². The monoisotopic (exact) mass is 553 g/mol. The Hall–Kier alpha value is -1.06. The van der Waals surface area contributed by atoms with Crippen LogP contribution in [0.5, 0.6) is 0 Å². The lowest BCUT2D eigenvalue weighted by Gasteiger charge is -2.06. The standard InChI is InChI=1S/C35H68O4/c1-3-5-7-9-11-13-15-17-19-21-23-28-32-38-34(36)30-26-25-27-31-35(37)39-33-29-24-22-20-18-16-14-12-10-8-6-4-2/h3-33H2,1-2H3. The van der Waals surface area contributed by atoms with Crippen LogP contribution < -0.4 is 0 Å². The molecule has 0 N–H and O–H groups in total.